The molecule has 124 valence electrons. The molecule has 0 saturated carbocycles. The fourth-order valence-corrected chi connectivity index (χ4v) is 2.22. The Morgan fingerprint density at radius 3 is 2.48 bits per heavy atom. The Kier molecular flexibility index (Phi) is 5.97. The zero-order chi connectivity index (χ0) is 16.8. The van der Waals surface area contributed by atoms with Crippen LogP contribution in [0, 0.1) is 0 Å². The number of alkyl halides is 4. The van der Waals surface area contributed by atoms with Crippen molar-refractivity contribution in [2.45, 2.75) is 25.1 Å². The predicted octanol–water partition coefficient (Wildman–Crippen LogP) is 3.81. The lowest BCUT2D eigenvalue weighted by molar-refractivity contribution is -0.0498. The van der Waals surface area contributed by atoms with Crippen LogP contribution in [0.4, 0.5) is 17.6 Å². The van der Waals surface area contributed by atoms with Crippen LogP contribution in [0.25, 0.3) is 0 Å². The van der Waals surface area contributed by atoms with Crippen molar-refractivity contribution in [3.8, 4) is 5.75 Å². The van der Waals surface area contributed by atoms with Crippen molar-refractivity contribution >= 4 is 18.0 Å². The Bertz CT molecular complexity index is 660. The third kappa shape index (κ3) is 4.68. The highest BCUT2D eigenvalue weighted by Crippen LogP contribution is 2.23. The molecule has 1 aromatic heterocycles. The first-order valence-corrected chi connectivity index (χ1v) is 7.45. The van der Waals surface area contributed by atoms with Crippen LogP contribution < -0.4 is 4.74 Å². The highest BCUT2D eigenvalue weighted by atomic mass is 32.2. The van der Waals surface area contributed by atoms with Crippen LogP contribution in [0.1, 0.15) is 24.7 Å². The molecule has 0 aliphatic carbocycles. The minimum absolute atomic E-state index is 0.00283. The van der Waals surface area contributed by atoms with E-state index in [9.17, 15) is 17.6 Å². The number of ether oxygens (including phenoxy) is 1. The molecular weight excluding hydrogens is 336 g/mol. The molecule has 0 amide bonds. The summed E-state index contributed by atoms with van der Waals surface area (Å²) in [6.45, 7) is -1.06. The van der Waals surface area contributed by atoms with Gasteiger partial charge in [-0.05, 0) is 35.6 Å². The standard InChI is InChI=1S/C13H12F4N4OS/c1-2-23-13-20-19-11(10(14)15)21(13)18-7-8-3-5-9(6-4-8)22-12(16)17/h3-7,10,12H,2H2,1H3/b18-7-. The normalized spacial score (nSPS) is 11.8. The molecule has 0 aliphatic heterocycles. The van der Waals surface area contributed by atoms with Crippen LogP contribution in [-0.4, -0.2) is 33.5 Å². The van der Waals surface area contributed by atoms with E-state index in [2.05, 4.69) is 20.0 Å². The first-order chi connectivity index (χ1) is 11.0. The van der Waals surface area contributed by atoms with E-state index in [4.69, 9.17) is 0 Å². The van der Waals surface area contributed by atoms with Crippen molar-refractivity contribution in [3.63, 3.8) is 0 Å². The van der Waals surface area contributed by atoms with E-state index in [-0.39, 0.29) is 10.9 Å². The van der Waals surface area contributed by atoms with E-state index >= 15 is 0 Å². The summed E-state index contributed by atoms with van der Waals surface area (Å²) in [5, 5.41) is 11.3. The van der Waals surface area contributed by atoms with E-state index in [1.54, 1.807) is 0 Å². The highest BCUT2D eigenvalue weighted by Gasteiger charge is 2.19. The van der Waals surface area contributed by atoms with Gasteiger partial charge in [0.1, 0.15) is 5.75 Å². The van der Waals surface area contributed by atoms with Crippen molar-refractivity contribution < 1.29 is 22.3 Å². The molecule has 0 bridgehead atoms. The van der Waals surface area contributed by atoms with Gasteiger partial charge in [-0.1, -0.05) is 18.7 Å². The number of hydrogen-bond acceptors (Lipinski definition) is 5. The second kappa shape index (κ2) is 7.95. The zero-order valence-corrected chi connectivity index (χ0v) is 12.7. The Labute approximate surface area is 133 Å². The van der Waals surface area contributed by atoms with Gasteiger partial charge in [0, 0.05) is 0 Å². The van der Waals surface area contributed by atoms with Gasteiger partial charge in [0.15, 0.2) is 0 Å². The highest BCUT2D eigenvalue weighted by molar-refractivity contribution is 7.99. The average molecular weight is 348 g/mol. The summed E-state index contributed by atoms with van der Waals surface area (Å²) in [4.78, 5) is 0. The molecule has 2 rings (SSSR count). The quantitative estimate of drug-likeness (QED) is 0.434. The smallest absolute Gasteiger partial charge is 0.387 e. The van der Waals surface area contributed by atoms with Gasteiger partial charge in [-0.15, -0.1) is 10.2 Å². The third-order valence-electron chi connectivity index (χ3n) is 2.53. The maximum Gasteiger partial charge on any atom is 0.387 e. The molecule has 23 heavy (non-hydrogen) atoms. The second-order valence-electron chi connectivity index (χ2n) is 4.08. The average Bonchev–Trinajstić information content (AvgIpc) is 2.89. The van der Waals surface area contributed by atoms with Crippen molar-refractivity contribution in [3.05, 3.63) is 35.7 Å². The molecule has 0 radical (unpaired) electrons. The zero-order valence-electron chi connectivity index (χ0n) is 11.9. The summed E-state index contributed by atoms with van der Waals surface area (Å²) in [5.74, 6) is 0.0584. The number of benzene rings is 1. The lowest BCUT2D eigenvalue weighted by Crippen LogP contribution is -2.02. The van der Waals surface area contributed by atoms with Crippen molar-refractivity contribution in [1.82, 2.24) is 14.9 Å². The van der Waals surface area contributed by atoms with Gasteiger partial charge >= 0.3 is 6.61 Å². The largest absolute Gasteiger partial charge is 0.435 e. The van der Waals surface area contributed by atoms with Crippen molar-refractivity contribution in [1.29, 1.82) is 0 Å². The summed E-state index contributed by atoms with van der Waals surface area (Å²) in [5.41, 5.74) is 0.521. The molecule has 0 spiro atoms. The van der Waals surface area contributed by atoms with Crippen LogP contribution in [-0.2, 0) is 0 Å². The monoisotopic (exact) mass is 348 g/mol. The fourth-order valence-electron chi connectivity index (χ4n) is 1.60. The molecule has 10 heteroatoms. The van der Waals surface area contributed by atoms with Gasteiger partial charge in [-0.2, -0.15) is 18.6 Å². The third-order valence-corrected chi connectivity index (χ3v) is 3.33. The summed E-state index contributed by atoms with van der Waals surface area (Å²) in [6, 6.07) is 5.60. The number of rotatable bonds is 7. The Morgan fingerprint density at radius 2 is 1.91 bits per heavy atom. The van der Waals surface area contributed by atoms with Gasteiger partial charge in [-0.3, -0.25) is 0 Å². The Hall–Kier alpha value is -2.10. The lowest BCUT2D eigenvalue weighted by Gasteiger charge is -2.04. The summed E-state index contributed by atoms with van der Waals surface area (Å²) in [7, 11) is 0. The van der Waals surface area contributed by atoms with E-state index < -0.39 is 18.9 Å². The molecule has 1 aromatic carbocycles. The van der Waals surface area contributed by atoms with Crippen LogP contribution in [0.5, 0.6) is 5.75 Å². The molecule has 5 nitrogen and oxygen atoms in total. The molecule has 0 fully saturated rings. The van der Waals surface area contributed by atoms with Crippen LogP contribution in [0.2, 0.25) is 0 Å². The van der Waals surface area contributed by atoms with Crippen LogP contribution in [0.15, 0.2) is 34.5 Å². The molecule has 1 heterocycles. The Balaban J connectivity index is 2.20. The van der Waals surface area contributed by atoms with Crippen LogP contribution >= 0.6 is 11.8 Å². The number of aromatic nitrogens is 3. The van der Waals surface area contributed by atoms with Crippen LogP contribution in [0.3, 0.4) is 0 Å². The molecule has 0 saturated heterocycles. The molecule has 0 atom stereocenters. The second-order valence-corrected chi connectivity index (χ2v) is 5.31. The summed E-state index contributed by atoms with van der Waals surface area (Å²) < 4.78 is 55.1. The van der Waals surface area contributed by atoms with Gasteiger partial charge in [0.2, 0.25) is 11.0 Å². The van der Waals surface area contributed by atoms with E-state index in [1.807, 2.05) is 6.92 Å². The van der Waals surface area contributed by atoms with E-state index in [0.717, 1.165) is 4.68 Å². The fraction of sp³-hybridized carbons (Fsp3) is 0.308. The number of thioether (sulfide) groups is 1. The van der Waals surface area contributed by atoms with Gasteiger partial charge in [0.25, 0.3) is 6.43 Å². The molecule has 2 aromatic rings. The van der Waals surface area contributed by atoms with E-state index in [0.29, 0.717) is 11.3 Å². The lowest BCUT2D eigenvalue weighted by atomic mass is 10.2. The van der Waals surface area contributed by atoms with Gasteiger partial charge in [0.05, 0.1) is 6.21 Å². The first-order valence-electron chi connectivity index (χ1n) is 6.46. The maximum absolute atomic E-state index is 12.9. The topological polar surface area (TPSA) is 52.3 Å². The Morgan fingerprint density at radius 1 is 1.22 bits per heavy atom. The van der Waals surface area contributed by atoms with E-state index in [1.165, 1.54) is 42.2 Å². The SMILES string of the molecule is CCSc1nnc(C(F)F)n1/N=C\c1ccc(OC(F)F)cc1. The predicted molar refractivity (Wildman–Crippen MR) is 77.4 cm³/mol. The molecular formula is C13H12F4N4OS. The maximum atomic E-state index is 12.9. The van der Waals surface area contributed by atoms with Crippen molar-refractivity contribution in [2.24, 2.45) is 5.10 Å². The minimum atomic E-state index is -2.91. The molecule has 0 N–H and O–H groups in total. The first kappa shape index (κ1) is 17.3. The van der Waals surface area contributed by atoms with Gasteiger partial charge in [-0.25, -0.2) is 8.78 Å². The minimum Gasteiger partial charge on any atom is -0.435 e. The molecule has 0 unspecified atom stereocenters. The van der Waals surface area contributed by atoms with Gasteiger partial charge < -0.3 is 4.74 Å². The number of halogens is 4. The summed E-state index contributed by atoms with van der Waals surface area (Å²) in [6.07, 6.45) is -1.51. The molecule has 0 aliphatic rings. The number of nitrogens with zero attached hydrogens (tertiary/aromatic N) is 4. The van der Waals surface area contributed by atoms with Crippen molar-refractivity contribution in [2.75, 3.05) is 5.75 Å². The number of hydrogen-bond donors (Lipinski definition) is 0. The summed E-state index contributed by atoms with van der Waals surface area (Å²) >= 11 is 1.22.